The van der Waals surface area contributed by atoms with Crippen molar-refractivity contribution in [2.45, 2.75) is 11.6 Å². The third-order valence-corrected chi connectivity index (χ3v) is 2.29. The van der Waals surface area contributed by atoms with Gasteiger partial charge in [-0.05, 0) is 12.1 Å². The number of hydrogen-bond donors (Lipinski definition) is 2. The molecule has 0 amide bonds. The van der Waals surface area contributed by atoms with Crippen LogP contribution < -0.4 is 10.5 Å². The summed E-state index contributed by atoms with van der Waals surface area (Å²) in [6.07, 6.45) is 1.70. The molecule has 3 N–H and O–H groups in total. The average molecular weight is 216 g/mol. The van der Waals surface area contributed by atoms with Gasteiger partial charge in [0.2, 0.25) is 5.09 Å². The van der Waals surface area contributed by atoms with Crippen molar-refractivity contribution in [3.8, 4) is 0 Å². The Morgan fingerprint density at radius 3 is 2.79 bits per heavy atom. The normalized spacial score (nSPS) is 11.5. The predicted molar refractivity (Wildman–Crippen MR) is 52.0 cm³/mol. The second kappa shape index (κ2) is 4.41. The van der Waals surface area contributed by atoms with Crippen LogP contribution in [-0.4, -0.2) is 15.0 Å². The second-order valence-corrected chi connectivity index (χ2v) is 4.18. The maximum atomic E-state index is 10.8. The molecular formula is C8H12N2O3S. The highest BCUT2D eigenvalue weighted by Gasteiger charge is 2.12. The van der Waals surface area contributed by atoms with Gasteiger partial charge in [-0.15, -0.1) is 6.58 Å². The summed E-state index contributed by atoms with van der Waals surface area (Å²) in [4.78, 5) is 0. The maximum absolute atomic E-state index is 10.8. The summed E-state index contributed by atoms with van der Waals surface area (Å²) in [5.74, 6) is 0.524. The fourth-order valence-corrected chi connectivity index (χ4v) is 1.38. The highest BCUT2D eigenvalue weighted by molar-refractivity contribution is 7.89. The molecule has 0 saturated carbocycles. The van der Waals surface area contributed by atoms with Gasteiger partial charge in [-0.1, -0.05) is 6.08 Å². The molecule has 0 atom stereocenters. The van der Waals surface area contributed by atoms with Crippen LogP contribution in [0.25, 0.3) is 0 Å². The standard InChI is InChI=1S/C8H12N2O3S/c1-2-5-10-6-7-3-4-8(13-7)14(9,11)12/h2-4,10H,1,5-6H2,(H2,9,11,12). The van der Waals surface area contributed by atoms with Crippen molar-refractivity contribution in [1.29, 1.82) is 0 Å². The first-order valence-corrected chi connectivity index (χ1v) is 5.52. The van der Waals surface area contributed by atoms with Crippen molar-refractivity contribution in [2.75, 3.05) is 6.54 Å². The smallest absolute Gasteiger partial charge is 0.271 e. The molecule has 0 aliphatic carbocycles. The van der Waals surface area contributed by atoms with Crippen LogP contribution in [0.4, 0.5) is 0 Å². The molecule has 1 aromatic rings. The SMILES string of the molecule is C=CCNCc1ccc(S(N)(=O)=O)o1. The summed E-state index contributed by atoms with van der Waals surface area (Å²) in [6.45, 7) is 4.60. The molecule has 0 unspecified atom stereocenters. The van der Waals surface area contributed by atoms with E-state index in [-0.39, 0.29) is 5.09 Å². The zero-order valence-electron chi connectivity index (χ0n) is 7.56. The zero-order valence-corrected chi connectivity index (χ0v) is 8.38. The van der Waals surface area contributed by atoms with E-state index in [1.54, 1.807) is 12.1 Å². The van der Waals surface area contributed by atoms with Gasteiger partial charge in [0, 0.05) is 6.54 Å². The van der Waals surface area contributed by atoms with E-state index in [1.165, 1.54) is 6.07 Å². The van der Waals surface area contributed by atoms with E-state index in [4.69, 9.17) is 9.56 Å². The Kier molecular flexibility index (Phi) is 3.45. The summed E-state index contributed by atoms with van der Waals surface area (Å²) in [5, 5.41) is 7.62. The van der Waals surface area contributed by atoms with Crippen LogP contribution in [0.1, 0.15) is 5.76 Å². The van der Waals surface area contributed by atoms with Crippen LogP contribution in [0.2, 0.25) is 0 Å². The largest absolute Gasteiger partial charge is 0.447 e. The molecule has 78 valence electrons. The molecule has 5 nitrogen and oxygen atoms in total. The summed E-state index contributed by atoms with van der Waals surface area (Å²) in [7, 11) is -3.73. The Morgan fingerprint density at radius 1 is 1.57 bits per heavy atom. The third-order valence-electron chi connectivity index (χ3n) is 1.51. The molecule has 0 fully saturated rings. The van der Waals surface area contributed by atoms with Crippen LogP contribution in [0.15, 0.2) is 34.3 Å². The van der Waals surface area contributed by atoms with Gasteiger partial charge in [0.25, 0.3) is 10.0 Å². The minimum Gasteiger partial charge on any atom is -0.447 e. The van der Waals surface area contributed by atoms with Crippen molar-refractivity contribution in [2.24, 2.45) is 5.14 Å². The van der Waals surface area contributed by atoms with E-state index in [0.717, 1.165) is 0 Å². The molecule has 0 aliphatic heterocycles. The predicted octanol–water partition coefficient (Wildman–Crippen LogP) is 0.203. The Labute approximate surface area is 82.6 Å². The summed E-state index contributed by atoms with van der Waals surface area (Å²) in [5.41, 5.74) is 0. The fraction of sp³-hybridized carbons (Fsp3) is 0.250. The van der Waals surface area contributed by atoms with Gasteiger partial charge in [0.15, 0.2) is 0 Å². The van der Waals surface area contributed by atoms with Gasteiger partial charge in [0.05, 0.1) is 6.54 Å². The Balaban J connectivity index is 2.64. The molecule has 0 radical (unpaired) electrons. The molecule has 14 heavy (non-hydrogen) atoms. The highest BCUT2D eigenvalue weighted by atomic mass is 32.2. The van der Waals surface area contributed by atoms with E-state index in [2.05, 4.69) is 11.9 Å². The number of rotatable bonds is 5. The van der Waals surface area contributed by atoms with Gasteiger partial charge in [-0.25, -0.2) is 13.6 Å². The second-order valence-electron chi connectivity index (χ2n) is 2.69. The number of sulfonamides is 1. The molecule has 0 bridgehead atoms. The number of nitrogens with two attached hydrogens (primary N) is 1. The topological polar surface area (TPSA) is 85.3 Å². The Hall–Kier alpha value is -1.11. The zero-order chi connectivity index (χ0) is 10.6. The number of furan rings is 1. The van der Waals surface area contributed by atoms with Crippen LogP contribution in [-0.2, 0) is 16.6 Å². The molecule has 0 aromatic carbocycles. The lowest BCUT2D eigenvalue weighted by atomic mass is 10.4. The van der Waals surface area contributed by atoms with Crippen molar-refractivity contribution in [1.82, 2.24) is 5.32 Å². The first-order valence-electron chi connectivity index (χ1n) is 3.97. The summed E-state index contributed by atoms with van der Waals surface area (Å²) >= 11 is 0. The van der Waals surface area contributed by atoms with E-state index in [9.17, 15) is 8.42 Å². The molecule has 0 saturated heterocycles. The number of nitrogens with one attached hydrogen (secondary N) is 1. The Bertz CT molecular complexity index is 408. The molecule has 1 heterocycles. The maximum Gasteiger partial charge on any atom is 0.271 e. The monoisotopic (exact) mass is 216 g/mol. The molecule has 0 spiro atoms. The van der Waals surface area contributed by atoms with E-state index in [0.29, 0.717) is 18.8 Å². The lowest BCUT2D eigenvalue weighted by Crippen LogP contribution is -2.12. The van der Waals surface area contributed by atoms with Gasteiger partial charge in [0.1, 0.15) is 5.76 Å². The van der Waals surface area contributed by atoms with Crippen molar-refractivity contribution < 1.29 is 12.8 Å². The molecule has 1 rings (SSSR count). The lowest BCUT2D eigenvalue weighted by molar-refractivity contribution is 0.405. The van der Waals surface area contributed by atoms with Crippen molar-refractivity contribution >= 4 is 10.0 Å². The third kappa shape index (κ3) is 2.99. The fourth-order valence-electron chi connectivity index (χ4n) is 0.904. The van der Waals surface area contributed by atoms with Crippen LogP contribution in [0.3, 0.4) is 0 Å². The van der Waals surface area contributed by atoms with Gasteiger partial charge < -0.3 is 9.73 Å². The summed E-state index contributed by atoms with van der Waals surface area (Å²) in [6, 6.07) is 2.90. The minimum atomic E-state index is -3.73. The van der Waals surface area contributed by atoms with E-state index in [1.807, 2.05) is 0 Å². The first kappa shape index (κ1) is 11.0. The Morgan fingerprint density at radius 2 is 2.29 bits per heavy atom. The lowest BCUT2D eigenvalue weighted by Gasteiger charge is -1.96. The molecule has 6 heteroatoms. The quantitative estimate of drug-likeness (QED) is 0.544. The van der Waals surface area contributed by atoms with E-state index < -0.39 is 10.0 Å². The molecule has 1 aromatic heterocycles. The van der Waals surface area contributed by atoms with Crippen LogP contribution in [0.5, 0.6) is 0 Å². The average Bonchev–Trinajstić information content (AvgIpc) is 2.52. The van der Waals surface area contributed by atoms with Crippen molar-refractivity contribution in [3.63, 3.8) is 0 Å². The minimum absolute atomic E-state index is 0.215. The van der Waals surface area contributed by atoms with Gasteiger partial charge >= 0.3 is 0 Å². The number of hydrogen-bond acceptors (Lipinski definition) is 4. The van der Waals surface area contributed by atoms with Crippen LogP contribution >= 0.6 is 0 Å². The van der Waals surface area contributed by atoms with E-state index >= 15 is 0 Å². The van der Waals surface area contributed by atoms with Crippen molar-refractivity contribution in [3.05, 3.63) is 30.5 Å². The van der Waals surface area contributed by atoms with Gasteiger partial charge in [-0.2, -0.15) is 0 Å². The van der Waals surface area contributed by atoms with Crippen LogP contribution in [0, 0.1) is 0 Å². The molecule has 0 aliphatic rings. The highest BCUT2D eigenvalue weighted by Crippen LogP contribution is 2.11. The summed E-state index contributed by atoms with van der Waals surface area (Å²) < 4.78 is 26.6. The van der Waals surface area contributed by atoms with Gasteiger partial charge in [-0.3, -0.25) is 0 Å². The molecular weight excluding hydrogens is 204 g/mol. The number of primary sulfonamides is 1. The first-order chi connectivity index (χ1) is 6.54.